The monoisotopic (exact) mass is 466 g/mol. The molecule has 0 radical (unpaired) electrons. The molecule has 33 heavy (non-hydrogen) atoms. The Balaban J connectivity index is 1.53. The Hall–Kier alpha value is -3.30. The van der Waals surface area contributed by atoms with Gasteiger partial charge in [-0.15, -0.1) is 11.3 Å². The number of nitrogens with zero attached hydrogens (tertiary/aromatic N) is 3. The predicted octanol–water partition coefficient (Wildman–Crippen LogP) is 4.51. The topological polar surface area (TPSA) is 93.7 Å². The minimum Gasteiger partial charge on any atom is -0.444 e. The van der Waals surface area contributed by atoms with Gasteiger partial charge in [-0.3, -0.25) is 14.7 Å². The van der Waals surface area contributed by atoms with E-state index < -0.39 is 18.4 Å². The van der Waals surface area contributed by atoms with E-state index in [9.17, 15) is 9.59 Å². The summed E-state index contributed by atoms with van der Waals surface area (Å²) in [5.41, 5.74) is 2.32. The molecule has 8 nitrogen and oxygen atoms in total. The standard InChI is InChI=1S/C24H26N4O4S/c1-24(2,3)19-15-33-22(26-19)27-20(29)18-14-31-21(17-9-11-25-12-10-17)28(18)23(30)32-13-16-7-5-4-6-8-16/h4-12,15,18,21H,13-14H2,1-3H3,(H,26,27,29). The van der Waals surface area contributed by atoms with E-state index >= 15 is 0 Å². The molecule has 0 saturated carbocycles. The molecule has 1 aromatic carbocycles. The maximum Gasteiger partial charge on any atom is 0.413 e. The van der Waals surface area contributed by atoms with E-state index in [1.54, 1.807) is 24.5 Å². The van der Waals surface area contributed by atoms with Crippen LogP contribution >= 0.6 is 11.3 Å². The van der Waals surface area contributed by atoms with Gasteiger partial charge < -0.3 is 14.8 Å². The number of rotatable bonds is 5. The molecule has 9 heteroatoms. The summed E-state index contributed by atoms with van der Waals surface area (Å²) < 4.78 is 11.4. The lowest BCUT2D eigenvalue weighted by molar-refractivity contribution is -0.120. The summed E-state index contributed by atoms with van der Waals surface area (Å²) in [5, 5.41) is 5.24. The van der Waals surface area contributed by atoms with Gasteiger partial charge in [0, 0.05) is 28.8 Å². The van der Waals surface area contributed by atoms with Crippen molar-refractivity contribution in [2.45, 2.75) is 45.1 Å². The zero-order chi connectivity index (χ0) is 23.4. The summed E-state index contributed by atoms with van der Waals surface area (Å²) in [6.45, 7) is 6.30. The van der Waals surface area contributed by atoms with Crippen molar-refractivity contribution in [3.05, 3.63) is 77.1 Å². The molecular weight excluding hydrogens is 440 g/mol. The molecule has 2 amide bonds. The van der Waals surface area contributed by atoms with Gasteiger partial charge in [0.15, 0.2) is 11.4 Å². The van der Waals surface area contributed by atoms with Crippen LogP contribution in [-0.4, -0.2) is 39.5 Å². The highest BCUT2D eigenvalue weighted by Gasteiger charge is 2.44. The Bertz CT molecular complexity index is 1100. The van der Waals surface area contributed by atoms with Gasteiger partial charge in [0.1, 0.15) is 12.6 Å². The number of nitrogens with one attached hydrogen (secondary N) is 1. The lowest BCUT2D eigenvalue weighted by Gasteiger charge is -2.26. The summed E-state index contributed by atoms with van der Waals surface area (Å²) in [6, 6.07) is 12.0. The Morgan fingerprint density at radius 1 is 1.18 bits per heavy atom. The predicted molar refractivity (Wildman–Crippen MR) is 125 cm³/mol. The van der Waals surface area contributed by atoms with Crippen molar-refractivity contribution in [2.24, 2.45) is 0 Å². The van der Waals surface area contributed by atoms with Gasteiger partial charge in [0.25, 0.3) is 5.91 Å². The van der Waals surface area contributed by atoms with Gasteiger partial charge in [-0.25, -0.2) is 9.78 Å². The van der Waals surface area contributed by atoms with Gasteiger partial charge in [-0.05, 0) is 17.7 Å². The second kappa shape index (κ2) is 9.68. The third kappa shape index (κ3) is 5.37. The minimum atomic E-state index is -0.867. The summed E-state index contributed by atoms with van der Waals surface area (Å²) in [4.78, 5) is 36.1. The first-order valence-corrected chi connectivity index (χ1v) is 11.5. The van der Waals surface area contributed by atoms with Crippen LogP contribution in [0.15, 0.2) is 60.2 Å². The maximum absolute atomic E-state index is 13.2. The van der Waals surface area contributed by atoms with Crippen LogP contribution in [0.2, 0.25) is 0 Å². The zero-order valence-corrected chi connectivity index (χ0v) is 19.5. The second-order valence-electron chi connectivity index (χ2n) is 8.71. The molecule has 3 heterocycles. The molecule has 172 valence electrons. The smallest absolute Gasteiger partial charge is 0.413 e. The van der Waals surface area contributed by atoms with Crippen LogP contribution < -0.4 is 5.32 Å². The van der Waals surface area contributed by atoms with Crippen LogP contribution in [0, 0.1) is 0 Å². The molecule has 1 N–H and O–H groups in total. The lowest BCUT2D eigenvalue weighted by Crippen LogP contribution is -2.45. The molecule has 2 aromatic heterocycles. The molecule has 2 atom stereocenters. The van der Waals surface area contributed by atoms with E-state index in [4.69, 9.17) is 9.47 Å². The second-order valence-corrected chi connectivity index (χ2v) is 9.56. The number of carbonyl (C=O) groups is 2. The number of ether oxygens (including phenoxy) is 2. The van der Waals surface area contributed by atoms with Crippen molar-refractivity contribution in [2.75, 3.05) is 11.9 Å². The van der Waals surface area contributed by atoms with Crippen molar-refractivity contribution in [1.29, 1.82) is 0 Å². The first kappa shape index (κ1) is 22.9. The first-order chi connectivity index (χ1) is 15.8. The van der Waals surface area contributed by atoms with E-state index in [-0.39, 0.29) is 24.5 Å². The molecule has 4 rings (SSSR count). The van der Waals surface area contributed by atoms with E-state index in [1.165, 1.54) is 16.2 Å². The summed E-state index contributed by atoms with van der Waals surface area (Å²) >= 11 is 1.35. The number of benzene rings is 1. The highest BCUT2D eigenvalue weighted by molar-refractivity contribution is 7.14. The van der Waals surface area contributed by atoms with Crippen molar-refractivity contribution >= 4 is 28.5 Å². The van der Waals surface area contributed by atoms with E-state index in [0.29, 0.717) is 10.7 Å². The molecule has 0 spiro atoms. The summed E-state index contributed by atoms with van der Waals surface area (Å²) in [6.07, 6.45) is 1.84. The molecule has 3 aromatic rings. The van der Waals surface area contributed by atoms with E-state index in [1.807, 2.05) is 35.7 Å². The van der Waals surface area contributed by atoms with Crippen molar-refractivity contribution in [1.82, 2.24) is 14.9 Å². The molecule has 2 unspecified atom stereocenters. The summed E-state index contributed by atoms with van der Waals surface area (Å²) in [7, 11) is 0. The molecule has 1 aliphatic rings. The third-order valence-electron chi connectivity index (χ3n) is 5.21. The minimum absolute atomic E-state index is 0.0385. The molecule has 1 aliphatic heterocycles. The average Bonchev–Trinajstić information content (AvgIpc) is 3.46. The molecular formula is C24H26N4O4S. The molecule has 1 fully saturated rings. The van der Waals surface area contributed by atoms with Gasteiger partial charge in [0.2, 0.25) is 0 Å². The number of hydrogen-bond acceptors (Lipinski definition) is 7. The Labute approximate surface area is 196 Å². The number of aromatic nitrogens is 2. The molecule has 1 saturated heterocycles. The number of hydrogen-bond donors (Lipinski definition) is 1. The van der Waals surface area contributed by atoms with Crippen molar-refractivity contribution < 1.29 is 19.1 Å². The Morgan fingerprint density at radius 3 is 2.58 bits per heavy atom. The first-order valence-electron chi connectivity index (χ1n) is 10.6. The zero-order valence-electron chi connectivity index (χ0n) is 18.7. The number of carbonyl (C=O) groups excluding carboxylic acids is 2. The molecule has 0 bridgehead atoms. The van der Waals surface area contributed by atoms with E-state index in [2.05, 4.69) is 36.1 Å². The van der Waals surface area contributed by atoms with Crippen LogP contribution in [0.3, 0.4) is 0 Å². The highest BCUT2D eigenvalue weighted by Crippen LogP contribution is 2.33. The van der Waals surface area contributed by atoms with Gasteiger partial charge in [-0.1, -0.05) is 51.1 Å². The normalized spacial score (nSPS) is 18.2. The Morgan fingerprint density at radius 2 is 1.91 bits per heavy atom. The van der Waals surface area contributed by atoms with Crippen LogP contribution in [0.25, 0.3) is 0 Å². The molecule has 0 aliphatic carbocycles. The Kier molecular flexibility index (Phi) is 6.71. The van der Waals surface area contributed by atoms with Crippen molar-refractivity contribution in [3.63, 3.8) is 0 Å². The SMILES string of the molecule is CC(C)(C)c1csc(NC(=O)C2COC(c3ccncc3)N2C(=O)OCc2ccccc2)n1. The maximum atomic E-state index is 13.2. The lowest BCUT2D eigenvalue weighted by atomic mass is 9.93. The fourth-order valence-corrected chi connectivity index (χ4v) is 4.31. The van der Waals surface area contributed by atoms with Crippen LogP contribution in [0.1, 0.15) is 43.8 Å². The fourth-order valence-electron chi connectivity index (χ4n) is 3.37. The average molecular weight is 467 g/mol. The fraction of sp³-hybridized carbons (Fsp3) is 0.333. The van der Waals surface area contributed by atoms with Gasteiger partial charge >= 0.3 is 6.09 Å². The van der Waals surface area contributed by atoms with Crippen molar-refractivity contribution in [3.8, 4) is 0 Å². The number of amides is 2. The quantitative estimate of drug-likeness (QED) is 0.595. The third-order valence-corrected chi connectivity index (χ3v) is 5.97. The number of pyridine rings is 1. The van der Waals surface area contributed by atoms with Gasteiger partial charge in [0.05, 0.1) is 12.3 Å². The largest absolute Gasteiger partial charge is 0.444 e. The highest BCUT2D eigenvalue weighted by atomic mass is 32.1. The van der Waals surface area contributed by atoms with E-state index in [0.717, 1.165) is 11.3 Å². The van der Waals surface area contributed by atoms with Crippen LogP contribution in [0.5, 0.6) is 0 Å². The van der Waals surface area contributed by atoms with Crippen LogP contribution in [-0.2, 0) is 26.3 Å². The van der Waals surface area contributed by atoms with Crippen LogP contribution in [0.4, 0.5) is 9.93 Å². The van der Waals surface area contributed by atoms with Gasteiger partial charge in [-0.2, -0.15) is 0 Å². The number of anilines is 1. The number of thiazole rings is 1. The summed E-state index contributed by atoms with van der Waals surface area (Å²) in [5.74, 6) is -0.377.